The fourth-order valence-electron chi connectivity index (χ4n) is 4.74. The molecule has 1 aromatic carbocycles. The van der Waals surface area contributed by atoms with Crippen molar-refractivity contribution >= 4 is 22.8 Å². The molecule has 9 nitrogen and oxygen atoms in total. The van der Waals surface area contributed by atoms with E-state index in [2.05, 4.69) is 14.6 Å². The molecule has 0 radical (unpaired) electrons. The summed E-state index contributed by atoms with van der Waals surface area (Å²) < 4.78 is 9.63. The normalized spacial score (nSPS) is 19.6. The zero-order valence-electron chi connectivity index (χ0n) is 17.8. The van der Waals surface area contributed by atoms with Crippen LogP contribution in [0.5, 0.6) is 0 Å². The summed E-state index contributed by atoms with van der Waals surface area (Å²) in [6.07, 6.45) is 4.44. The number of morpholine rings is 1. The number of fused-ring (bicyclic) bond motifs is 3. The molecule has 0 unspecified atom stereocenters. The van der Waals surface area contributed by atoms with Crippen LogP contribution in [0.25, 0.3) is 11.0 Å². The predicted octanol–water partition coefficient (Wildman–Crippen LogP) is 2.43. The second kappa shape index (κ2) is 8.32. The zero-order valence-corrected chi connectivity index (χ0v) is 17.8. The Morgan fingerprint density at radius 3 is 2.84 bits per heavy atom. The molecule has 2 aliphatic heterocycles. The van der Waals surface area contributed by atoms with Gasteiger partial charge in [0, 0.05) is 50.2 Å². The van der Waals surface area contributed by atoms with Crippen LogP contribution < -0.4 is 4.90 Å². The summed E-state index contributed by atoms with van der Waals surface area (Å²) in [6, 6.07) is 5.86. The maximum atomic E-state index is 11.9. The highest BCUT2D eigenvalue weighted by Crippen LogP contribution is 2.36. The summed E-state index contributed by atoms with van der Waals surface area (Å²) in [5.74, 6) is 0.945. The number of aromatic nitrogens is 4. The number of carboxylic acid groups (broad SMARTS) is 1. The molecule has 164 valence electrons. The molecule has 31 heavy (non-hydrogen) atoms. The summed E-state index contributed by atoms with van der Waals surface area (Å²) >= 11 is 0. The molecule has 0 spiro atoms. The lowest BCUT2D eigenvalue weighted by atomic mass is 9.96. The van der Waals surface area contributed by atoms with E-state index >= 15 is 0 Å². The number of hydrogen-bond donors (Lipinski definition) is 1. The van der Waals surface area contributed by atoms with Gasteiger partial charge in [0.15, 0.2) is 0 Å². The molecule has 1 atom stereocenters. The molecule has 2 aromatic heterocycles. The molecule has 1 amide bonds. The Kier molecular flexibility index (Phi) is 5.37. The van der Waals surface area contributed by atoms with Crippen molar-refractivity contribution in [3.05, 3.63) is 42.0 Å². The van der Waals surface area contributed by atoms with Gasteiger partial charge in [0.25, 0.3) is 0 Å². The van der Waals surface area contributed by atoms with Crippen LogP contribution in [0, 0.1) is 0 Å². The molecular formula is C22H28N6O3. The van der Waals surface area contributed by atoms with Gasteiger partial charge in [-0.05, 0) is 38.0 Å². The maximum Gasteiger partial charge on any atom is 0.412 e. The van der Waals surface area contributed by atoms with Crippen LogP contribution in [-0.2, 0) is 24.2 Å². The van der Waals surface area contributed by atoms with Gasteiger partial charge in [0.1, 0.15) is 5.82 Å². The SMILES string of the molecule is C[C@H]1CCc2c(ccc3c2nc(Cn2cccn2)n3CCN2CCOCC2)N1C(=O)O. The van der Waals surface area contributed by atoms with Crippen LogP contribution in [0.4, 0.5) is 10.5 Å². The van der Waals surface area contributed by atoms with Crippen LogP contribution in [-0.4, -0.2) is 74.3 Å². The minimum Gasteiger partial charge on any atom is -0.465 e. The van der Waals surface area contributed by atoms with Gasteiger partial charge in [-0.25, -0.2) is 9.78 Å². The average Bonchev–Trinajstić information content (AvgIpc) is 3.40. The third-order valence-electron chi connectivity index (χ3n) is 6.40. The summed E-state index contributed by atoms with van der Waals surface area (Å²) in [5.41, 5.74) is 3.78. The van der Waals surface area contributed by atoms with Crippen molar-refractivity contribution in [3.63, 3.8) is 0 Å². The topological polar surface area (TPSA) is 88.7 Å². The fourth-order valence-corrected chi connectivity index (χ4v) is 4.74. The lowest BCUT2D eigenvalue weighted by molar-refractivity contribution is 0.0364. The third kappa shape index (κ3) is 3.79. The van der Waals surface area contributed by atoms with E-state index in [-0.39, 0.29) is 6.04 Å². The number of ether oxygens (including phenoxy) is 1. The van der Waals surface area contributed by atoms with Crippen molar-refractivity contribution in [3.8, 4) is 0 Å². The van der Waals surface area contributed by atoms with Crippen molar-refractivity contribution in [2.45, 2.75) is 38.9 Å². The summed E-state index contributed by atoms with van der Waals surface area (Å²) in [7, 11) is 0. The first-order valence-corrected chi connectivity index (χ1v) is 10.9. The van der Waals surface area contributed by atoms with Gasteiger partial charge in [-0.3, -0.25) is 14.5 Å². The molecule has 4 heterocycles. The summed E-state index contributed by atoms with van der Waals surface area (Å²) in [6.45, 7) is 7.75. The smallest absolute Gasteiger partial charge is 0.412 e. The first-order chi connectivity index (χ1) is 15.1. The zero-order chi connectivity index (χ0) is 21.4. The molecule has 9 heteroatoms. The number of amides is 1. The van der Waals surface area contributed by atoms with E-state index in [0.29, 0.717) is 6.54 Å². The number of rotatable bonds is 5. The van der Waals surface area contributed by atoms with E-state index in [1.807, 2.05) is 36.0 Å². The van der Waals surface area contributed by atoms with Crippen LogP contribution in [0.3, 0.4) is 0 Å². The molecule has 1 N–H and O–H groups in total. The molecule has 0 saturated carbocycles. The Morgan fingerprint density at radius 2 is 2.10 bits per heavy atom. The monoisotopic (exact) mass is 424 g/mol. The number of hydrogen-bond acceptors (Lipinski definition) is 5. The molecule has 0 bridgehead atoms. The molecule has 2 aliphatic rings. The second-order valence-corrected chi connectivity index (χ2v) is 8.31. The molecule has 3 aromatic rings. The Morgan fingerprint density at radius 1 is 1.26 bits per heavy atom. The van der Waals surface area contributed by atoms with E-state index < -0.39 is 6.09 Å². The van der Waals surface area contributed by atoms with Gasteiger partial charge in [-0.15, -0.1) is 0 Å². The number of nitrogens with zero attached hydrogens (tertiary/aromatic N) is 6. The highest BCUT2D eigenvalue weighted by Gasteiger charge is 2.30. The Bertz CT molecular complexity index is 1070. The van der Waals surface area contributed by atoms with E-state index in [4.69, 9.17) is 9.72 Å². The fraction of sp³-hybridized carbons (Fsp3) is 0.500. The molecule has 1 fully saturated rings. The predicted molar refractivity (Wildman–Crippen MR) is 117 cm³/mol. The van der Waals surface area contributed by atoms with E-state index in [1.54, 1.807) is 6.20 Å². The highest BCUT2D eigenvalue weighted by atomic mass is 16.5. The van der Waals surface area contributed by atoms with Gasteiger partial charge in [0.2, 0.25) is 0 Å². The minimum atomic E-state index is -0.906. The Balaban J connectivity index is 1.55. The maximum absolute atomic E-state index is 11.9. The average molecular weight is 425 g/mol. The van der Waals surface area contributed by atoms with Crippen molar-refractivity contribution < 1.29 is 14.6 Å². The summed E-state index contributed by atoms with van der Waals surface area (Å²) in [5, 5.41) is 14.1. The van der Waals surface area contributed by atoms with Crippen LogP contribution in [0.2, 0.25) is 0 Å². The van der Waals surface area contributed by atoms with Gasteiger partial charge in [-0.1, -0.05) is 0 Å². The number of carbonyl (C=O) groups is 1. The van der Waals surface area contributed by atoms with Crippen LogP contribution in [0.1, 0.15) is 24.7 Å². The Hall–Kier alpha value is -2.91. The van der Waals surface area contributed by atoms with E-state index in [0.717, 1.165) is 80.3 Å². The molecular weight excluding hydrogens is 396 g/mol. The highest BCUT2D eigenvalue weighted by molar-refractivity contribution is 5.94. The number of imidazole rings is 1. The van der Waals surface area contributed by atoms with Crippen molar-refractivity contribution in [1.29, 1.82) is 0 Å². The lowest BCUT2D eigenvalue weighted by Gasteiger charge is -2.33. The number of aryl methyl sites for hydroxylation is 1. The molecule has 5 rings (SSSR count). The van der Waals surface area contributed by atoms with Crippen molar-refractivity contribution in [2.24, 2.45) is 0 Å². The number of anilines is 1. The standard InChI is InChI=1S/C22H28N6O3/c1-16-3-4-17-18(28(16)22(29)30)5-6-19-21(17)24-20(15-26-8-2-7-23-26)27(19)10-9-25-11-13-31-14-12-25/h2,5-8,16H,3-4,9-15H2,1H3,(H,29,30)/t16-/m0/s1. The second-order valence-electron chi connectivity index (χ2n) is 8.31. The van der Waals surface area contributed by atoms with Gasteiger partial charge in [0.05, 0.1) is 36.5 Å². The van der Waals surface area contributed by atoms with E-state index in [9.17, 15) is 9.90 Å². The largest absolute Gasteiger partial charge is 0.465 e. The molecule has 0 aliphatic carbocycles. The minimum absolute atomic E-state index is 0.0330. The summed E-state index contributed by atoms with van der Waals surface area (Å²) in [4.78, 5) is 20.8. The first kappa shape index (κ1) is 20.0. The van der Waals surface area contributed by atoms with Crippen molar-refractivity contribution in [1.82, 2.24) is 24.2 Å². The Labute approximate surface area is 180 Å². The van der Waals surface area contributed by atoms with Crippen LogP contribution >= 0.6 is 0 Å². The van der Waals surface area contributed by atoms with Gasteiger partial charge in [-0.2, -0.15) is 5.10 Å². The molecule has 1 saturated heterocycles. The third-order valence-corrected chi connectivity index (χ3v) is 6.40. The van der Waals surface area contributed by atoms with Crippen molar-refractivity contribution in [2.75, 3.05) is 37.7 Å². The lowest BCUT2D eigenvalue weighted by Crippen LogP contribution is -2.41. The quantitative estimate of drug-likeness (QED) is 0.677. The van der Waals surface area contributed by atoms with E-state index in [1.165, 1.54) is 4.90 Å². The van der Waals surface area contributed by atoms with Gasteiger partial charge < -0.3 is 14.4 Å². The van der Waals surface area contributed by atoms with Crippen LogP contribution in [0.15, 0.2) is 30.6 Å². The first-order valence-electron chi connectivity index (χ1n) is 10.9. The number of benzene rings is 1. The van der Waals surface area contributed by atoms with Gasteiger partial charge >= 0.3 is 6.09 Å².